The van der Waals surface area contributed by atoms with E-state index in [-0.39, 0.29) is 6.04 Å². The van der Waals surface area contributed by atoms with Crippen molar-refractivity contribution in [1.82, 2.24) is 0 Å². The smallest absolute Gasteiger partial charge is 0.0642 e. The third-order valence-corrected chi connectivity index (χ3v) is 4.01. The second kappa shape index (κ2) is 6.61. The Balaban J connectivity index is 2.19. The lowest BCUT2D eigenvalue weighted by molar-refractivity contribution is 0.817. The van der Waals surface area contributed by atoms with Gasteiger partial charge in [0.15, 0.2) is 0 Å². The Morgan fingerprint density at radius 2 is 2.00 bits per heavy atom. The quantitative estimate of drug-likeness (QED) is 0.858. The first kappa shape index (κ1) is 15.4. The van der Waals surface area contributed by atoms with Crippen molar-refractivity contribution >= 4 is 33.2 Å². The average Bonchev–Trinajstić information content (AvgIpc) is 2.38. The molecular formula is C16H18BrClN2. The van der Waals surface area contributed by atoms with Crippen molar-refractivity contribution in [2.75, 3.05) is 11.9 Å². The van der Waals surface area contributed by atoms with Gasteiger partial charge < -0.3 is 10.6 Å². The predicted octanol–water partition coefficient (Wildman–Crippen LogP) is 4.76. The lowest BCUT2D eigenvalue weighted by Crippen LogP contribution is -2.17. The molecule has 1 unspecified atom stereocenters. The fourth-order valence-corrected chi connectivity index (χ4v) is 2.89. The molecule has 2 N–H and O–H groups in total. The zero-order chi connectivity index (χ0) is 14.7. The summed E-state index contributed by atoms with van der Waals surface area (Å²) in [6.45, 7) is 2.76. The number of hydrogen-bond donors (Lipinski definition) is 1. The summed E-state index contributed by atoms with van der Waals surface area (Å²) in [6, 6.07) is 14.3. The fourth-order valence-electron chi connectivity index (χ4n) is 2.11. The van der Waals surface area contributed by atoms with E-state index in [1.54, 1.807) is 0 Å². The van der Waals surface area contributed by atoms with E-state index in [4.69, 9.17) is 17.3 Å². The Labute approximate surface area is 133 Å². The largest absolute Gasteiger partial charge is 0.369 e. The molecule has 2 aromatic rings. The zero-order valence-corrected chi connectivity index (χ0v) is 13.9. The van der Waals surface area contributed by atoms with Gasteiger partial charge in [-0.15, -0.1) is 0 Å². The van der Waals surface area contributed by atoms with Crippen LogP contribution < -0.4 is 10.6 Å². The van der Waals surface area contributed by atoms with Crippen LogP contribution in [0.5, 0.6) is 0 Å². The molecular weight excluding hydrogens is 336 g/mol. The molecule has 4 heteroatoms. The van der Waals surface area contributed by atoms with Crippen molar-refractivity contribution in [2.24, 2.45) is 5.73 Å². The average molecular weight is 354 g/mol. The second-order valence-corrected chi connectivity index (χ2v) is 6.31. The molecule has 0 aliphatic carbocycles. The van der Waals surface area contributed by atoms with Crippen molar-refractivity contribution in [3.05, 3.63) is 63.1 Å². The Kier molecular flexibility index (Phi) is 5.08. The lowest BCUT2D eigenvalue weighted by Gasteiger charge is -2.22. The summed E-state index contributed by atoms with van der Waals surface area (Å²) in [5.41, 5.74) is 9.16. The third kappa shape index (κ3) is 3.75. The molecule has 0 radical (unpaired) electrons. The van der Waals surface area contributed by atoms with E-state index < -0.39 is 0 Å². The standard InChI is InChI=1S/C16H18BrClN2/c1-11(19)13-6-7-16(15(18)9-13)20(2)10-12-4-3-5-14(17)8-12/h3-9,11H,10,19H2,1-2H3. The molecule has 2 rings (SSSR count). The van der Waals surface area contributed by atoms with Crippen molar-refractivity contribution in [3.8, 4) is 0 Å². The summed E-state index contributed by atoms with van der Waals surface area (Å²) in [6.07, 6.45) is 0. The summed E-state index contributed by atoms with van der Waals surface area (Å²) < 4.78 is 1.09. The van der Waals surface area contributed by atoms with Gasteiger partial charge in [0.05, 0.1) is 10.7 Å². The summed E-state index contributed by atoms with van der Waals surface area (Å²) >= 11 is 9.85. The molecule has 0 aromatic heterocycles. The van der Waals surface area contributed by atoms with Gasteiger partial charge in [-0.1, -0.05) is 45.7 Å². The monoisotopic (exact) mass is 352 g/mol. The lowest BCUT2D eigenvalue weighted by atomic mass is 10.1. The molecule has 0 saturated heterocycles. The van der Waals surface area contributed by atoms with E-state index in [2.05, 4.69) is 33.0 Å². The normalized spacial score (nSPS) is 12.2. The number of rotatable bonds is 4. The Bertz CT molecular complexity index is 599. The predicted molar refractivity (Wildman–Crippen MR) is 90.3 cm³/mol. The van der Waals surface area contributed by atoms with Gasteiger partial charge in [0.25, 0.3) is 0 Å². The van der Waals surface area contributed by atoms with Crippen molar-refractivity contribution in [3.63, 3.8) is 0 Å². The Hall–Kier alpha value is -1.03. The minimum Gasteiger partial charge on any atom is -0.369 e. The summed E-state index contributed by atoms with van der Waals surface area (Å²) in [7, 11) is 2.04. The molecule has 0 saturated carbocycles. The van der Waals surface area contributed by atoms with E-state index in [9.17, 15) is 0 Å². The van der Waals surface area contributed by atoms with Gasteiger partial charge in [-0.3, -0.25) is 0 Å². The van der Waals surface area contributed by atoms with Gasteiger partial charge in [-0.2, -0.15) is 0 Å². The summed E-state index contributed by atoms with van der Waals surface area (Å²) in [5, 5.41) is 0.734. The van der Waals surface area contributed by atoms with Crippen LogP contribution in [0.2, 0.25) is 5.02 Å². The van der Waals surface area contributed by atoms with Crippen LogP contribution in [0, 0.1) is 0 Å². The van der Waals surface area contributed by atoms with Crippen LogP contribution >= 0.6 is 27.5 Å². The minimum atomic E-state index is -0.00284. The molecule has 106 valence electrons. The molecule has 0 bridgehead atoms. The van der Waals surface area contributed by atoms with E-state index >= 15 is 0 Å². The highest BCUT2D eigenvalue weighted by atomic mass is 79.9. The van der Waals surface area contributed by atoms with Gasteiger partial charge >= 0.3 is 0 Å². The van der Waals surface area contributed by atoms with Gasteiger partial charge in [0.1, 0.15) is 0 Å². The maximum atomic E-state index is 6.36. The fraction of sp³-hybridized carbons (Fsp3) is 0.250. The van der Waals surface area contributed by atoms with Gasteiger partial charge in [-0.05, 0) is 42.3 Å². The molecule has 20 heavy (non-hydrogen) atoms. The summed E-state index contributed by atoms with van der Waals surface area (Å²) in [5.74, 6) is 0. The second-order valence-electron chi connectivity index (χ2n) is 4.99. The minimum absolute atomic E-state index is 0.00284. The molecule has 0 aliphatic heterocycles. The SMILES string of the molecule is CC(N)c1ccc(N(C)Cc2cccc(Br)c2)c(Cl)c1. The summed E-state index contributed by atoms with van der Waals surface area (Å²) in [4.78, 5) is 2.13. The topological polar surface area (TPSA) is 29.3 Å². The van der Waals surface area contributed by atoms with Gasteiger partial charge in [0.2, 0.25) is 0 Å². The Morgan fingerprint density at radius 3 is 2.60 bits per heavy atom. The van der Waals surface area contributed by atoms with E-state index in [0.717, 1.165) is 27.3 Å². The highest BCUT2D eigenvalue weighted by Gasteiger charge is 2.09. The molecule has 2 nitrogen and oxygen atoms in total. The number of anilines is 1. The van der Waals surface area contributed by atoms with Crippen LogP contribution in [-0.4, -0.2) is 7.05 Å². The zero-order valence-electron chi connectivity index (χ0n) is 11.6. The van der Waals surface area contributed by atoms with Gasteiger partial charge in [0, 0.05) is 24.1 Å². The van der Waals surface area contributed by atoms with Crippen molar-refractivity contribution in [1.29, 1.82) is 0 Å². The number of benzene rings is 2. The van der Waals surface area contributed by atoms with Crippen LogP contribution in [0.15, 0.2) is 46.9 Å². The number of nitrogens with zero attached hydrogens (tertiary/aromatic N) is 1. The molecule has 0 fully saturated rings. The van der Waals surface area contributed by atoms with Crippen LogP contribution in [0.3, 0.4) is 0 Å². The van der Waals surface area contributed by atoms with Crippen LogP contribution in [0.4, 0.5) is 5.69 Å². The maximum Gasteiger partial charge on any atom is 0.0642 e. The Morgan fingerprint density at radius 1 is 1.25 bits per heavy atom. The molecule has 0 spiro atoms. The van der Waals surface area contributed by atoms with Crippen LogP contribution in [0.25, 0.3) is 0 Å². The molecule has 2 aromatic carbocycles. The van der Waals surface area contributed by atoms with Gasteiger partial charge in [-0.25, -0.2) is 0 Å². The molecule has 0 heterocycles. The van der Waals surface area contributed by atoms with Crippen molar-refractivity contribution in [2.45, 2.75) is 19.5 Å². The third-order valence-electron chi connectivity index (χ3n) is 3.22. The van der Waals surface area contributed by atoms with Crippen LogP contribution in [-0.2, 0) is 6.54 Å². The van der Waals surface area contributed by atoms with E-state index in [1.807, 2.05) is 44.3 Å². The number of nitrogens with two attached hydrogens (primary N) is 1. The van der Waals surface area contributed by atoms with E-state index in [0.29, 0.717) is 0 Å². The molecule has 0 amide bonds. The molecule has 0 aliphatic rings. The highest BCUT2D eigenvalue weighted by molar-refractivity contribution is 9.10. The highest BCUT2D eigenvalue weighted by Crippen LogP contribution is 2.29. The number of halogens is 2. The van der Waals surface area contributed by atoms with Crippen molar-refractivity contribution < 1.29 is 0 Å². The number of hydrogen-bond acceptors (Lipinski definition) is 2. The molecule has 1 atom stereocenters. The first-order valence-corrected chi connectivity index (χ1v) is 7.65. The van der Waals surface area contributed by atoms with Crippen LogP contribution in [0.1, 0.15) is 24.1 Å². The maximum absolute atomic E-state index is 6.36. The van der Waals surface area contributed by atoms with E-state index in [1.165, 1.54) is 5.56 Å². The first-order chi connectivity index (χ1) is 9.47. The first-order valence-electron chi connectivity index (χ1n) is 6.48.